The van der Waals surface area contributed by atoms with Crippen molar-refractivity contribution in [3.8, 4) is 5.75 Å². The highest BCUT2D eigenvalue weighted by Gasteiger charge is 2.32. The molecule has 0 saturated carbocycles. The van der Waals surface area contributed by atoms with Gasteiger partial charge in [0.05, 0.1) is 17.5 Å². The third-order valence-corrected chi connectivity index (χ3v) is 7.12. The first-order valence-electron chi connectivity index (χ1n) is 8.95. The second-order valence-electron chi connectivity index (χ2n) is 7.49. The SMILES string of the molecule is COc1ccccc1N1CCN(c2ccc(S(=O)(=O)C(C)(C)C)nn2)CC1. The van der Waals surface area contributed by atoms with Gasteiger partial charge in [-0.2, -0.15) is 0 Å². The van der Waals surface area contributed by atoms with Gasteiger partial charge in [0.1, 0.15) is 5.75 Å². The van der Waals surface area contributed by atoms with Gasteiger partial charge in [-0.15, -0.1) is 10.2 Å². The Labute approximate surface area is 160 Å². The Kier molecular flexibility index (Phi) is 5.28. The molecule has 1 fully saturated rings. The van der Waals surface area contributed by atoms with Crippen molar-refractivity contribution >= 4 is 21.3 Å². The molecule has 0 unspecified atom stereocenters. The van der Waals surface area contributed by atoms with Crippen LogP contribution in [0.5, 0.6) is 5.75 Å². The van der Waals surface area contributed by atoms with Crippen LogP contribution >= 0.6 is 0 Å². The molecular weight excluding hydrogens is 364 g/mol. The highest BCUT2D eigenvalue weighted by atomic mass is 32.2. The molecule has 1 aromatic heterocycles. The summed E-state index contributed by atoms with van der Waals surface area (Å²) >= 11 is 0. The van der Waals surface area contributed by atoms with Crippen LogP contribution in [0.15, 0.2) is 41.4 Å². The maximum Gasteiger partial charge on any atom is 0.202 e. The van der Waals surface area contributed by atoms with Crippen molar-refractivity contribution in [2.75, 3.05) is 43.1 Å². The van der Waals surface area contributed by atoms with E-state index in [-0.39, 0.29) is 5.03 Å². The minimum atomic E-state index is -3.49. The fraction of sp³-hybridized carbons (Fsp3) is 0.474. The zero-order valence-corrected chi connectivity index (χ0v) is 17.0. The minimum absolute atomic E-state index is 0.0198. The van der Waals surface area contributed by atoms with Crippen LogP contribution in [-0.4, -0.2) is 56.7 Å². The van der Waals surface area contributed by atoms with Crippen molar-refractivity contribution in [3.05, 3.63) is 36.4 Å². The summed E-state index contributed by atoms with van der Waals surface area (Å²) < 4.78 is 29.5. The van der Waals surface area contributed by atoms with E-state index in [1.165, 1.54) is 0 Å². The topological polar surface area (TPSA) is 75.6 Å². The van der Waals surface area contributed by atoms with Gasteiger partial charge >= 0.3 is 0 Å². The van der Waals surface area contributed by atoms with E-state index in [2.05, 4.69) is 26.1 Å². The zero-order chi connectivity index (χ0) is 19.7. The Morgan fingerprint density at radius 3 is 2.11 bits per heavy atom. The summed E-state index contributed by atoms with van der Waals surface area (Å²) in [6, 6.07) is 11.3. The number of sulfone groups is 1. The van der Waals surface area contributed by atoms with Crippen LogP contribution < -0.4 is 14.5 Å². The van der Waals surface area contributed by atoms with Gasteiger partial charge in [0.25, 0.3) is 0 Å². The first-order chi connectivity index (χ1) is 12.7. The average Bonchev–Trinajstić information content (AvgIpc) is 2.67. The van der Waals surface area contributed by atoms with E-state index >= 15 is 0 Å². The van der Waals surface area contributed by atoms with Crippen molar-refractivity contribution < 1.29 is 13.2 Å². The molecule has 0 atom stereocenters. The quantitative estimate of drug-likeness (QED) is 0.793. The molecule has 1 aliphatic heterocycles. The number of nitrogens with zero attached hydrogens (tertiary/aromatic N) is 4. The number of hydrogen-bond acceptors (Lipinski definition) is 7. The van der Waals surface area contributed by atoms with E-state index in [1.54, 1.807) is 40.0 Å². The maximum atomic E-state index is 12.5. The number of benzene rings is 1. The Morgan fingerprint density at radius 2 is 1.56 bits per heavy atom. The molecule has 0 aliphatic carbocycles. The second-order valence-corrected chi connectivity index (χ2v) is 10.1. The number of anilines is 2. The van der Waals surface area contributed by atoms with Gasteiger partial charge in [-0.05, 0) is 45.0 Å². The summed E-state index contributed by atoms with van der Waals surface area (Å²) in [5.41, 5.74) is 1.08. The molecule has 2 aromatic rings. The molecule has 1 aliphatic rings. The van der Waals surface area contributed by atoms with Crippen molar-refractivity contribution in [3.63, 3.8) is 0 Å². The second kappa shape index (κ2) is 7.34. The molecule has 7 nitrogen and oxygen atoms in total. The van der Waals surface area contributed by atoms with Crippen molar-refractivity contribution in [1.29, 1.82) is 0 Å². The van der Waals surface area contributed by atoms with E-state index in [4.69, 9.17) is 4.74 Å². The fourth-order valence-electron chi connectivity index (χ4n) is 3.01. The Balaban J connectivity index is 1.70. The highest BCUT2D eigenvalue weighted by Crippen LogP contribution is 2.29. The van der Waals surface area contributed by atoms with Crippen LogP contribution in [0, 0.1) is 0 Å². The standard InChI is InChI=1S/C19H26N4O3S/c1-19(2,3)27(24,25)18-10-9-17(20-21-18)23-13-11-22(12-14-23)15-7-5-6-8-16(15)26-4/h5-10H,11-14H2,1-4H3. The van der Waals surface area contributed by atoms with E-state index in [0.717, 1.165) is 37.6 Å². The Bertz CT molecular complexity index is 884. The lowest BCUT2D eigenvalue weighted by molar-refractivity contribution is 0.413. The summed E-state index contributed by atoms with van der Waals surface area (Å²) in [5, 5.41) is 8.17. The molecule has 1 aromatic carbocycles. The van der Waals surface area contributed by atoms with E-state index in [1.807, 2.05) is 18.2 Å². The van der Waals surface area contributed by atoms with Crippen molar-refractivity contribution in [2.45, 2.75) is 30.5 Å². The van der Waals surface area contributed by atoms with Crippen molar-refractivity contribution in [2.24, 2.45) is 0 Å². The van der Waals surface area contributed by atoms with E-state index in [9.17, 15) is 8.42 Å². The lowest BCUT2D eigenvalue weighted by Crippen LogP contribution is -2.47. The Hall–Kier alpha value is -2.35. The lowest BCUT2D eigenvalue weighted by Gasteiger charge is -2.37. The molecule has 0 N–H and O–H groups in total. The number of para-hydroxylation sites is 2. The van der Waals surface area contributed by atoms with Gasteiger partial charge in [-0.1, -0.05) is 12.1 Å². The third kappa shape index (κ3) is 3.85. The molecule has 0 spiro atoms. The number of piperazine rings is 1. The number of aromatic nitrogens is 2. The molecule has 1 saturated heterocycles. The number of methoxy groups -OCH3 is 1. The first kappa shape index (κ1) is 19.4. The summed E-state index contributed by atoms with van der Waals surface area (Å²) in [7, 11) is -1.81. The summed E-state index contributed by atoms with van der Waals surface area (Å²) in [4.78, 5) is 4.40. The monoisotopic (exact) mass is 390 g/mol. The third-order valence-electron chi connectivity index (χ3n) is 4.74. The summed E-state index contributed by atoms with van der Waals surface area (Å²) in [5.74, 6) is 1.56. The summed E-state index contributed by atoms with van der Waals surface area (Å²) in [6.07, 6.45) is 0. The van der Waals surface area contributed by atoms with Crippen LogP contribution in [0.4, 0.5) is 11.5 Å². The normalized spacial score (nSPS) is 15.7. The maximum absolute atomic E-state index is 12.5. The van der Waals surface area contributed by atoms with Gasteiger partial charge in [-0.25, -0.2) is 8.42 Å². The molecular formula is C19H26N4O3S. The van der Waals surface area contributed by atoms with Crippen LogP contribution in [0.3, 0.4) is 0 Å². The molecule has 0 amide bonds. The predicted octanol–water partition coefficient (Wildman–Crippen LogP) is 2.38. The number of hydrogen-bond donors (Lipinski definition) is 0. The molecule has 146 valence electrons. The minimum Gasteiger partial charge on any atom is -0.495 e. The van der Waals surface area contributed by atoms with Gasteiger partial charge in [0.15, 0.2) is 10.8 Å². The Morgan fingerprint density at radius 1 is 0.926 bits per heavy atom. The highest BCUT2D eigenvalue weighted by molar-refractivity contribution is 7.92. The summed E-state index contributed by atoms with van der Waals surface area (Å²) in [6.45, 7) is 8.18. The molecule has 8 heteroatoms. The lowest BCUT2D eigenvalue weighted by atomic mass is 10.2. The van der Waals surface area contributed by atoms with E-state index < -0.39 is 14.6 Å². The van der Waals surface area contributed by atoms with Crippen molar-refractivity contribution in [1.82, 2.24) is 10.2 Å². The average molecular weight is 391 g/mol. The van der Waals surface area contributed by atoms with Gasteiger partial charge < -0.3 is 14.5 Å². The number of ether oxygens (including phenoxy) is 1. The molecule has 3 rings (SSSR count). The predicted molar refractivity (Wildman–Crippen MR) is 106 cm³/mol. The van der Waals surface area contributed by atoms with Gasteiger partial charge in [0, 0.05) is 26.2 Å². The van der Waals surface area contributed by atoms with Crippen LogP contribution in [-0.2, 0) is 9.84 Å². The zero-order valence-electron chi connectivity index (χ0n) is 16.2. The van der Waals surface area contributed by atoms with E-state index in [0.29, 0.717) is 5.82 Å². The number of rotatable bonds is 4. The van der Waals surface area contributed by atoms with Crippen LogP contribution in [0.2, 0.25) is 0 Å². The largest absolute Gasteiger partial charge is 0.495 e. The molecule has 0 bridgehead atoms. The van der Waals surface area contributed by atoms with Gasteiger partial charge in [0.2, 0.25) is 9.84 Å². The smallest absolute Gasteiger partial charge is 0.202 e. The molecule has 27 heavy (non-hydrogen) atoms. The van der Waals surface area contributed by atoms with Gasteiger partial charge in [-0.3, -0.25) is 0 Å². The molecule has 0 radical (unpaired) electrons. The van der Waals surface area contributed by atoms with Crippen LogP contribution in [0.25, 0.3) is 0 Å². The molecule has 2 heterocycles. The van der Waals surface area contributed by atoms with Crippen LogP contribution in [0.1, 0.15) is 20.8 Å². The fourth-order valence-corrected chi connectivity index (χ4v) is 4.03. The first-order valence-corrected chi connectivity index (χ1v) is 10.4.